The number of ketones is 1. The maximum atomic E-state index is 13.0. The van der Waals surface area contributed by atoms with Gasteiger partial charge in [0.05, 0.1) is 1.37 Å². The quantitative estimate of drug-likeness (QED) is 0.801. The van der Waals surface area contributed by atoms with Gasteiger partial charge in [-0.3, -0.25) is 14.4 Å². The van der Waals surface area contributed by atoms with E-state index >= 15 is 0 Å². The number of nitrogens with zero attached hydrogens (tertiary/aromatic N) is 1. The molecule has 0 saturated heterocycles. The van der Waals surface area contributed by atoms with Crippen LogP contribution in [0.4, 0.5) is 0 Å². The lowest BCUT2D eigenvalue weighted by Gasteiger charge is -2.24. The van der Waals surface area contributed by atoms with Gasteiger partial charge in [0.2, 0.25) is 11.8 Å². The molecule has 142 valence electrons. The summed E-state index contributed by atoms with van der Waals surface area (Å²) in [6.45, 7) is 2.84. The van der Waals surface area contributed by atoms with Gasteiger partial charge in [-0.25, -0.2) is 0 Å². The van der Waals surface area contributed by atoms with E-state index in [0.29, 0.717) is 5.56 Å². The summed E-state index contributed by atoms with van der Waals surface area (Å²) in [6.07, 6.45) is -1.53. The summed E-state index contributed by atoms with van der Waals surface area (Å²) in [5.74, 6) is -3.23. The van der Waals surface area contributed by atoms with Gasteiger partial charge in [-0.1, -0.05) is 45.0 Å². The summed E-state index contributed by atoms with van der Waals surface area (Å²) in [4.78, 5) is 38.7. The average Bonchev–Trinajstić information content (AvgIpc) is 2.69. The molecular formula is C20H28N2O4. The molecule has 0 saturated carbocycles. The number of Topliss-reactive ketones (excluding diaryl/α,β-unsaturated/α-hetero) is 1. The topological polar surface area (TPSA) is 86.7 Å². The zero-order chi connectivity index (χ0) is 22.1. The number of carbonyl (C=O) groups excluding carboxylic acids is 3. The molecule has 2 amide bonds. The molecule has 3 atom stereocenters. The van der Waals surface area contributed by atoms with Gasteiger partial charge in [0.15, 0.2) is 5.78 Å². The number of hydrogen-bond acceptors (Lipinski definition) is 4. The SMILES string of the molecule is [2H]C1([2H])Cc2ccccc2[C@]([2H])(NC(=O)[C@H](C)CC(=O)[C@@H](O)C(C)C)C(=O)N1C. The summed E-state index contributed by atoms with van der Waals surface area (Å²) >= 11 is 0. The van der Waals surface area contributed by atoms with Crippen LogP contribution in [0, 0.1) is 11.8 Å². The fraction of sp³-hybridized carbons (Fsp3) is 0.550. The molecule has 1 aromatic carbocycles. The third-order valence-electron chi connectivity index (χ3n) is 4.48. The van der Waals surface area contributed by atoms with Crippen molar-refractivity contribution in [1.82, 2.24) is 10.2 Å². The summed E-state index contributed by atoms with van der Waals surface area (Å²) in [6, 6.07) is 4.23. The molecule has 1 aromatic rings. The van der Waals surface area contributed by atoms with E-state index in [-0.39, 0.29) is 24.3 Å². The van der Waals surface area contributed by atoms with Crippen molar-refractivity contribution in [1.29, 1.82) is 0 Å². The molecule has 6 nitrogen and oxygen atoms in total. The Bertz CT molecular complexity index is 815. The smallest absolute Gasteiger partial charge is 0.249 e. The molecular weight excluding hydrogens is 332 g/mol. The van der Waals surface area contributed by atoms with E-state index in [9.17, 15) is 19.5 Å². The Morgan fingerprint density at radius 3 is 2.69 bits per heavy atom. The molecule has 0 unspecified atom stereocenters. The maximum Gasteiger partial charge on any atom is 0.249 e. The van der Waals surface area contributed by atoms with Gasteiger partial charge >= 0.3 is 0 Å². The van der Waals surface area contributed by atoms with Crippen LogP contribution in [-0.4, -0.2) is 47.3 Å². The highest BCUT2D eigenvalue weighted by Crippen LogP contribution is 2.25. The first-order chi connectivity index (χ1) is 13.3. The minimum Gasteiger partial charge on any atom is -0.385 e. The summed E-state index contributed by atoms with van der Waals surface area (Å²) < 4.78 is 25.1. The van der Waals surface area contributed by atoms with Crippen LogP contribution in [0.15, 0.2) is 24.3 Å². The average molecular weight is 363 g/mol. The van der Waals surface area contributed by atoms with E-state index < -0.39 is 42.1 Å². The second-order valence-electron chi connectivity index (χ2n) is 6.98. The molecule has 0 aromatic heterocycles. The molecule has 1 aliphatic heterocycles. The molecule has 26 heavy (non-hydrogen) atoms. The Morgan fingerprint density at radius 1 is 1.38 bits per heavy atom. The van der Waals surface area contributed by atoms with E-state index in [4.69, 9.17) is 4.11 Å². The van der Waals surface area contributed by atoms with Crippen molar-refractivity contribution in [3.8, 4) is 0 Å². The first-order valence-electron chi connectivity index (χ1n) is 10.2. The predicted octanol–water partition coefficient (Wildman–Crippen LogP) is 1.47. The largest absolute Gasteiger partial charge is 0.385 e. The van der Waals surface area contributed by atoms with E-state index in [2.05, 4.69) is 5.32 Å². The van der Waals surface area contributed by atoms with Crippen molar-refractivity contribution in [2.24, 2.45) is 11.8 Å². The number of aliphatic hydroxyl groups is 1. The standard InChI is InChI=1S/C20H28N2O4/c1-12(2)18(24)16(23)11-13(3)19(25)21-17-15-8-6-5-7-14(15)9-10-22(4)20(17)26/h5-8,12-13,17-18,24H,9-11H2,1-4H3,(H,21,25)/t13-,17+,18+/m1/s1/i10D2,17D. The van der Waals surface area contributed by atoms with Crippen LogP contribution < -0.4 is 5.32 Å². The monoisotopic (exact) mass is 363 g/mol. The zero-order valence-electron chi connectivity index (χ0n) is 18.6. The van der Waals surface area contributed by atoms with Gasteiger partial charge in [0.25, 0.3) is 0 Å². The van der Waals surface area contributed by atoms with Crippen LogP contribution in [0.1, 0.15) is 48.4 Å². The molecule has 1 aliphatic rings. The lowest BCUT2D eigenvalue weighted by molar-refractivity contribution is -0.137. The lowest BCUT2D eigenvalue weighted by atomic mass is 9.94. The first kappa shape index (κ1) is 16.0. The Balaban J connectivity index is 2.33. The lowest BCUT2D eigenvalue weighted by Crippen LogP contribution is -2.43. The van der Waals surface area contributed by atoms with E-state index in [1.54, 1.807) is 32.0 Å². The van der Waals surface area contributed by atoms with E-state index in [1.807, 2.05) is 0 Å². The fourth-order valence-corrected chi connectivity index (χ4v) is 2.73. The van der Waals surface area contributed by atoms with Crippen molar-refractivity contribution < 1.29 is 23.6 Å². The summed E-state index contributed by atoms with van der Waals surface area (Å²) in [7, 11) is 1.26. The Hall–Kier alpha value is -2.21. The van der Waals surface area contributed by atoms with Crippen molar-refractivity contribution in [3.63, 3.8) is 0 Å². The predicted molar refractivity (Wildman–Crippen MR) is 98.3 cm³/mol. The second-order valence-corrected chi connectivity index (χ2v) is 6.98. The van der Waals surface area contributed by atoms with Crippen LogP contribution in [0.3, 0.4) is 0 Å². The number of aryl methyl sites for hydroxylation is 1. The highest BCUT2D eigenvalue weighted by Gasteiger charge is 2.32. The third kappa shape index (κ3) is 4.49. The van der Waals surface area contributed by atoms with Gasteiger partial charge in [0, 0.05) is 28.6 Å². The van der Waals surface area contributed by atoms with Gasteiger partial charge in [-0.05, 0) is 23.5 Å². The highest BCUT2D eigenvalue weighted by molar-refractivity contribution is 5.92. The van der Waals surface area contributed by atoms with E-state index in [1.165, 1.54) is 20.0 Å². The third-order valence-corrected chi connectivity index (χ3v) is 4.48. The molecule has 0 radical (unpaired) electrons. The number of likely N-dealkylation sites (N-methyl/N-ethyl adjacent to an activating group) is 1. The number of rotatable bonds is 6. The van der Waals surface area contributed by atoms with Gasteiger partial charge < -0.3 is 15.3 Å². The minimum absolute atomic E-state index is 0.115. The highest BCUT2D eigenvalue weighted by atomic mass is 16.3. The zero-order valence-corrected chi connectivity index (χ0v) is 15.6. The Kier molecular flexibility index (Phi) is 5.20. The number of aliphatic hydroxyl groups excluding tert-OH is 1. The van der Waals surface area contributed by atoms with Gasteiger partial charge in [0.1, 0.15) is 12.1 Å². The molecule has 0 aliphatic carbocycles. The van der Waals surface area contributed by atoms with E-state index in [0.717, 1.165) is 4.90 Å². The van der Waals surface area contributed by atoms with Crippen LogP contribution in [-0.2, 0) is 20.8 Å². The normalized spacial score (nSPS) is 26.0. The van der Waals surface area contributed by atoms with Crippen LogP contribution in [0.5, 0.6) is 0 Å². The molecule has 1 heterocycles. The number of carbonyl (C=O) groups is 3. The number of fused-ring (bicyclic) bond motifs is 1. The molecule has 6 heteroatoms. The van der Waals surface area contributed by atoms with Gasteiger partial charge in [-0.2, -0.15) is 0 Å². The van der Waals surface area contributed by atoms with Crippen LogP contribution >= 0.6 is 0 Å². The van der Waals surface area contributed by atoms with Crippen molar-refractivity contribution in [2.75, 3.05) is 13.5 Å². The first-order valence-corrected chi connectivity index (χ1v) is 8.70. The molecule has 0 bridgehead atoms. The summed E-state index contributed by atoms with van der Waals surface area (Å²) in [5, 5.41) is 12.3. The molecule has 0 spiro atoms. The molecule has 2 N–H and O–H groups in total. The number of hydrogen-bond donors (Lipinski definition) is 2. The maximum absolute atomic E-state index is 13.0. The molecule has 0 fully saturated rings. The number of benzene rings is 1. The summed E-state index contributed by atoms with van der Waals surface area (Å²) in [5.41, 5.74) is 0.650. The van der Waals surface area contributed by atoms with Crippen LogP contribution in [0.25, 0.3) is 0 Å². The molecule has 2 rings (SSSR count). The van der Waals surface area contributed by atoms with Crippen molar-refractivity contribution >= 4 is 17.6 Å². The minimum atomic E-state index is -2.22. The van der Waals surface area contributed by atoms with Crippen molar-refractivity contribution in [2.45, 2.75) is 45.7 Å². The second kappa shape index (κ2) is 8.45. The Morgan fingerprint density at radius 2 is 2.04 bits per heavy atom. The van der Waals surface area contributed by atoms with Gasteiger partial charge in [-0.15, -0.1) is 0 Å². The van der Waals surface area contributed by atoms with Crippen molar-refractivity contribution in [3.05, 3.63) is 35.4 Å². The van der Waals surface area contributed by atoms with Crippen LogP contribution in [0.2, 0.25) is 0 Å². The Labute approximate surface area is 158 Å². The number of nitrogens with one attached hydrogen (secondary N) is 1. The number of amides is 2. The fourth-order valence-electron chi connectivity index (χ4n) is 2.73.